The molecule has 0 saturated carbocycles. The fourth-order valence-corrected chi connectivity index (χ4v) is 6.86. The number of likely N-dealkylation sites (N-methyl/N-ethyl adjacent to an activating group) is 1. The number of nitrogens with zero attached hydrogens (tertiary/aromatic N) is 2. The number of anilines is 1. The third-order valence-electron chi connectivity index (χ3n) is 7.44. The summed E-state index contributed by atoms with van der Waals surface area (Å²) < 4.78 is 29.3. The Kier molecular flexibility index (Phi) is 11.7. The van der Waals surface area contributed by atoms with Crippen molar-refractivity contribution in [3.63, 3.8) is 0 Å². The summed E-state index contributed by atoms with van der Waals surface area (Å²) in [5.41, 5.74) is 2.77. The van der Waals surface area contributed by atoms with Crippen molar-refractivity contribution in [2.45, 2.75) is 50.6 Å². The van der Waals surface area contributed by atoms with E-state index in [-0.39, 0.29) is 29.7 Å². The number of carbonyl (C=O) groups is 2. The zero-order valence-electron chi connectivity index (χ0n) is 25.5. The average Bonchev–Trinajstić information content (AvgIpc) is 3.03. The van der Waals surface area contributed by atoms with Gasteiger partial charge in [0.25, 0.3) is 10.0 Å². The lowest BCUT2D eigenvalue weighted by Crippen LogP contribution is -2.53. The first kappa shape index (κ1) is 34.0. The Labute approximate surface area is 275 Å². The Morgan fingerprint density at radius 2 is 1.47 bits per heavy atom. The van der Waals surface area contributed by atoms with Crippen molar-refractivity contribution < 1.29 is 18.0 Å². The van der Waals surface area contributed by atoms with E-state index >= 15 is 0 Å². The molecule has 4 rings (SSSR count). The van der Waals surface area contributed by atoms with Gasteiger partial charge in [0.2, 0.25) is 11.8 Å². The molecule has 0 bridgehead atoms. The maximum atomic E-state index is 14.5. The molecular formula is C35H37Cl2N3O4S. The molecule has 1 N–H and O–H groups in total. The summed E-state index contributed by atoms with van der Waals surface area (Å²) in [7, 11) is -4.18. The normalized spacial score (nSPS) is 12.0. The molecule has 0 aliphatic rings. The van der Waals surface area contributed by atoms with Gasteiger partial charge in [0, 0.05) is 29.6 Å². The van der Waals surface area contributed by atoms with Crippen LogP contribution in [0.4, 0.5) is 5.69 Å². The highest BCUT2D eigenvalue weighted by Gasteiger charge is 2.34. The maximum Gasteiger partial charge on any atom is 0.264 e. The van der Waals surface area contributed by atoms with Crippen LogP contribution in [-0.4, -0.2) is 44.3 Å². The van der Waals surface area contributed by atoms with Crippen molar-refractivity contribution in [2.75, 3.05) is 17.4 Å². The molecule has 0 spiro atoms. The summed E-state index contributed by atoms with van der Waals surface area (Å²) in [6, 6.07) is 28.4. The molecule has 10 heteroatoms. The zero-order valence-corrected chi connectivity index (χ0v) is 27.8. The summed E-state index contributed by atoms with van der Waals surface area (Å²) in [4.78, 5) is 29.5. The fourth-order valence-electron chi connectivity index (χ4n) is 4.95. The molecule has 0 fully saturated rings. The molecule has 0 heterocycles. The van der Waals surface area contributed by atoms with Gasteiger partial charge in [-0.15, -0.1) is 0 Å². The van der Waals surface area contributed by atoms with Crippen LogP contribution in [0.5, 0.6) is 0 Å². The van der Waals surface area contributed by atoms with Gasteiger partial charge in [-0.3, -0.25) is 13.9 Å². The second-order valence-corrected chi connectivity index (χ2v) is 13.6. The average molecular weight is 667 g/mol. The third kappa shape index (κ3) is 8.66. The first-order valence-electron chi connectivity index (χ1n) is 14.7. The zero-order chi connectivity index (χ0) is 32.6. The molecule has 2 amide bonds. The van der Waals surface area contributed by atoms with Crippen LogP contribution in [0.15, 0.2) is 108 Å². The van der Waals surface area contributed by atoms with E-state index in [2.05, 4.69) is 5.32 Å². The van der Waals surface area contributed by atoms with E-state index in [0.29, 0.717) is 27.8 Å². The largest absolute Gasteiger partial charge is 0.355 e. The predicted octanol–water partition coefficient (Wildman–Crippen LogP) is 7.09. The number of hydrogen-bond acceptors (Lipinski definition) is 4. The molecule has 4 aromatic rings. The highest BCUT2D eigenvalue weighted by atomic mass is 35.5. The van der Waals surface area contributed by atoms with Crippen LogP contribution in [0, 0.1) is 0 Å². The molecule has 1 unspecified atom stereocenters. The van der Waals surface area contributed by atoms with Crippen molar-refractivity contribution >= 4 is 50.7 Å². The number of rotatable bonds is 13. The number of nitrogens with one attached hydrogen (secondary N) is 1. The minimum Gasteiger partial charge on any atom is -0.355 e. The first-order chi connectivity index (χ1) is 21.5. The first-order valence-corrected chi connectivity index (χ1v) is 16.9. The topological polar surface area (TPSA) is 86.8 Å². The predicted molar refractivity (Wildman–Crippen MR) is 181 cm³/mol. The number of sulfonamides is 1. The lowest BCUT2D eigenvalue weighted by molar-refractivity contribution is -0.140. The van der Waals surface area contributed by atoms with E-state index in [1.54, 1.807) is 55.5 Å². The Morgan fingerprint density at radius 1 is 0.844 bits per heavy atom. The van der Waals surface area contributed by atoms with Gasteiger partial charge in [-0.25, -0.2) is 8.42 Å². The van der Waals surface area contributed by atoms with Gasteiger partial charge in [0.05, 0.1) is 10.6 Å². The Hall–Kier alpha value is -3.85. The molecular weight excluding hydrogens is 629 g/mol. The maximum absolute atomic E-state index is 14.5. The molecule has 0 aliphatic heterocycles. The van der Waals surface area contributed by atoms with Crippen LogP contribution in [0.2, 0.25) is 10.0 Å². The number of carbonyl (C=O) groups excluding carboxylic acids is 2. The number of halogens is 2. The van der Waals surface area contributed by atoms with Crippen molar-refractivity contribution in [1.82, 2.24) is 10.2 Å². The van der Waals surface area contributed by atoms with Crippen LogP contribution in [0.1, 0.15) is 43.4 Å². The third-order valence-corrected chi connectivity index (χ3v) is 9.81. The smallest absolute Gasteiger partial charge is 0.264 e. The summed E-state index contributed by atoms with van der Waals surface area (Å²) in [5, 5.41) is 3.60. The van der Waals surface area contributed by atoms with Gasteiger partial charge < -0.3 is 10.2 Å². The van der Waals surface area contributed by atoms with Gasteiger partial charge >= 0.3 is 0 Å². The van der Waals surface area contributed by atoms with Gasteiger partial charge in [-0.2, -0.15) is 0 Å². The second-order valence-electron chi connectivity index (χ2n) is 10.9. The van der Waals surface area contributed by atoms with E-state index in [9.17, 15) is 18.0 Å². The summed E-state index contributed by atoms with van der Waals surface area (Å²) >= 11 is 12.7. The van der Waals surface area contributed by atoms with Crippen LogP contribution < -0.4 is 9.62 Å². The van der Waals surface area contributed by atoms with E-state index in [1.807, 2.05) is 56.3 Å². The van der Waals surface area contributed by atoms with Crippen LogP contribution >= 0.6 is 23.2 Å². The van der Waals surface area contributed by atoms with Gasteiger partial charge in [-0.1, -0.05) is 104 Å². The van der Waals surface area contributed by atoms with Crippen molar-refractivity contribution in [1.29, 1.82) is 0 Å². The standard InChI is InChI=1S/C35H37Cl2N3O4S/c1-4-38-35(42)33(21-26-11-7-5-8-12-26)39(23-28-15-18-29(36)22-32(28)37)34(41)24-40(30-19-16-27(17-20-30)25(2)3)45(43,44)31-13-9-6-10-14-31/h5-20,22,25,33H,4,21,23-24H2,1-3H3,(H,38,42). The fraction of sp³-hybridized carbons (Fsp3) is 0.257. The molecule has 236 valence electrons. The number of hydrogen-bond donors (Lipinski definition) is 1. The molecule has 0 saturated heterocycles. The highest BCUT2D eigenvalue weighted by Crippen LogP contribution is 2.28. The number of benzene rings is 4. The van der Waals surface area contributed by atoms with E-state index < -0.39 is 28.5 Å². The molecule has 0 radical (unpaired) electrons. The van der Waals surface area contributed by atoms with Gasteiger partial charge in [0.1, 0.15) is 12.6 Å². The quantitative estimate of drug-likeness (QED) is 0.165. The van der Waals surface area contributed by atoms with Crippen LogP contribution in [0.25, 0.3) is 0 Å². The van der Waals surface area contributed by atoms with Gasteiger partial charge in [-0.05, 0) is 65.9 Å². The molecule has 7 nitrogen and oxygen atoms in total. The lowest BCUT2D eigenvalue weighted by Gasteiger charge is -2.34. The molecule has 4 aromatic carbocycles. The highest BCUT2D eigenvalue weighted by molar-refractivity contribution is 7.92. The van der Waals surface area contributed by atoms with Gasteiger partial charge in [0.15, 0.2) is 0 Å². The van der Waals surface area contributed by atoms with E-state index in [0.717, 1.165) is 15.4 Å². The minimum atomic E-state index is -4.18. The van der Waals surface area contributed by atoms with Crippen LogP contribution in [0.3, 0.4) is 0 Å². The summed E-state index contributed by atoms with van der Waals surface area (Å²) in [5.74, 6) is -0.700. The Bertz CT molecular complexity index is 1700. The number of amides is 2. The Balaban J connectivity index is 1.81. The van der Waals surface area contributed by atoms with Crippen molar-refractivity contribution in [3.8, 4) is 0 Å². The summed E-state index contributed by atoms with van der Waals surface area (Å²) in [6.07, 6.45) is 0.206. The monoisotopic (exact) mass is 665 g/mol. The van der Waals surface area contributed by atoms with Crippen molar-refractivity contribution in [2.24, 2.45) is 0 Å². The molecule has 0 aliphatic carbocycles. The van der Waals surface area contributed by atoms with Crippen LogP contribution in [-0.2, 0) is 32.6 Å². The minimum absolute atomic E-state index is 0.0441. The lowest BCUT2D eigenvalue weighted by atomic mass is 10.0. The molecule has 1 atom stereocenters. The summed E-state index contributed by atoms with van der Waals surface area (Å²) in [6.45, 7) is 5.65. The second kappa shape index (κ2) is 15.4. The van der Waals surface area contributed by atoms with Crippen molar-refractivity contribution in [3.05, 3.63) is 130 Å². The van der Waals surface area contributed by atoms with E-state index in [4.69, 9.17) is 23.2 Å². The SMILES string of the molecule is CCNC(=O)C(Cc1ccccc1)N(Cc1ccc(Cl)cc1Cl)C(=O)CN(c1ccc(C(C)C)cc1)S(=O)(=O)c1ccccc1. The van der Waals surface area contributed by atoms with E-state index in [1.165, 1.54) is 17.0 Å². The molecule has 45 heavy (non-hydrogen) atoms. The Morgan fingerprint density at radius 3 is 2.04 bits per heavy atom. The molecule has 0 aromatic heterocycles.